The molecule has 0 aliphatic heterocycles. The number of fused-ring (bicyclic) bond motifs is 1. The lowest BCUT2D eigenvalue weighted by atomic mass is 10.1. The molecule has 0 fully saturated rings. The SMILES string of the molecule is COc1ccc(-c2cc(=Nc3ccc(Br)cc3)c3cc(O)ccc3o2)cc1. The van der Waals surface area contributed by atoms with E-state index in [4.69, 9.17) is 14.1 Å². The van der Waals surface area contributed by atoms with Gasteiger partial charge < -0.3 is 14.3 Å². The van der Waals surface area contributed by atoms with Crippen molar-refractivity contribution < 1.29 is 14.3 Å². The van der Waals surface area contributed by atoms with Crippen LogP contribution in [0, 0.1) is 0 Å². The van der Waals surface area contributed by atoms with Crippen molar-refractivity contribution in [3.8, 4) is 22.8 Å². The van der Waals surface area contributed by atoms with Gasteiger partial charge in [0.1, 0.15) is 22.8 Å². The van der Waals surface area contributed by atoms with Gasteiger partial charge in [0, 0.05) is 21.5 Å². The summed E-state index contributed by atoms with van der Waals surface area (Å²) >= 11 is 3.43. The van der Waals surface area contributed by atoms with Gasteiger partial charge in [-0.05, 0) is 66.7 Å². The molecule has 134 valence electrons. The molecule has 0 saturated heterocycles. The molecular formula is C22H16BrNO3. The summed E-state index contributed by atoms with van der Waals surface area (Å²) in [6.07, 6.45) is 0. The second-order valence-electron chi connectivity index (χ2n) is 5.99. The van der Waals surface area contributed by atoms with E-state index in [9.17, 15) is 5.11 Å². The molecule has 0 atom stereocenters. The minimum atomic E-state index is 0.169. The fourth-order valence-electron chi connectivity index (χ4n) is 2.80. The number of hydrogen-bond acceptors (Lipinski definition) is 4. The maximum Gasteiger partial charge on any atom is 0.137 e. The Labute approximate surface area is 164 Å². The lowest BCUT2D eigenvalue weighted by Crippen LogP contribution is -2.03. The van der Waals surface area contributed by atoms with Crippen molar-refractivity contribution in [3.05, 3.63) is 82.6 Å². The zero-order chi connectivity index (χ0) is 18.8. The van der Waals surface area contributed by atoms with Crippen LogP contribution in [-0.2, 0) is 0 Å². The molecule has 0 spiro atoms. The van der Waals surface area contributed by atoms with Crippen LogP contribution >= 0.6 is 15.9 Å². The molecule has 1 heterocycles. The highest BCUT2D eigenvalue weighted by Gasteiger charge is 2.07. The first kappa shape index (κ1) is 17.4. The van der Waals surface area contributed by atoms with Crippen LogP contribution in [0.4, 0.5) is 5.69 Å². The van der Waals surface area contributed by atoms with Crippen LogP contribution in [0.15, 0.2) is 86.7 Å². The third-order valence-corrected chi connectivity index (χ3v) is 4.71. The Kier molecular flexibility index (Phi) is 4.69. The second kappa shape index (κ2) is 7.29. The highest BCUT2D eigenvalue weighted by Crippen LogP contribution is 2.26. The van der Waals surface area contributed by atoms with Crippen molar-refractivity contribution in [2.75, 3.05) is 7.11 Å². The average Bonchev–Trinajstić information content (AvgIpc) is 2.70. The molecule has 3 aromatic carbocycles. The Bertz CT molecular complexity index is 1160. The predicted octanol–water partition coefficient (Wildman–Crippen LogP) is 5.81. The number of methoxy groups -OCH3 is 1. The van der Waals surface area contributed by atoms with E-state index in [0.29, 0.717) is 11.3 Å². The lowest BCUT2D eigenvalue weighted by molar-refractivity contribution is 0.415. The Morgan fingerprint density at radius 2 is 1.67 bits per heavy atom. The molecule has 0 bridgehead atoms. The van der Waals surface area contributed by atoms with E-state index in [-0.39, 0.29) is 5.75 Å². The van der Waals surface area contributed by atoms with Crippen LogP contribution in [0.3, 0.4) is 0 Å². The van der Waals surface area contributed by atoms with Crippen LogP contribution in [0.5, 0.6) is 11.5 Å². The molecule has 0 amide bonds. The van der Waals surface area contributed by atoms with Crippen molar-refractivity contribution in [1.29, 1.82) is 0 Å². The highest BCUT2D eigenvalue weighted by atomic mass is 79.9. The molecule has 4 aromatic rings. The molecule has 1 aromatic heterocycles. The van der Waals surface area contributed by atoms with Crippen LogP contribution in [0.25, 0.3) is 22.3 Å². The van der Waals surface area contributed by atoms with E-state index in [1.807, 2.05) is 54.6 Å². The largest absolute Gasteiger partial charge is 0.508 e. The number of nitrogens with zero attached hydrogens (tertiary/aromatic N) is 1. The van der Waals surface area contributed by atoms with Gasteiger partial charge in [-0.25, -0.2) is 4.99 Å². The molecule has 0 radical (unpaired) electrons. The smallest absolute Gasteiger partial charge is 0.137 e. The van der Waals surface area contributed by atoms with Gasteiger partial charge in [0.15, 0.2) is 0 Å². The van der Waals surface area contributed by atoms with Gasteiger partial charge in [0.05, 0.1) is 18.2 Å². The van der Waals surface area contributed by atoms with Crippen LogP contribution < -0.4 is 10.1 Å². The molecule has 1 N–H and O–H groups in total. The zero-order valence-electron chi connectivity index (χ0n) is 14.5. The van der Waals surface area contributed by atoms with Crippen molar-refractivity contribution in [2.45, 2.75) is 0 Å². The molecule has 5 heteroatoms. The molecule has 0 aliphatic carbocycles. The predicted molar refractivity (Wildman–Crippen MR) is 109 cm³/mol. The van der Waals surface area contributed by atoms with E-state index in [2.05, 4.69) is 15.9 Å². The van der Waals surface area contributed by atoms with Crippen molar-refractivity contribution in [3.63, 3.8) is 0 Å². The number of phenols is 1. The van der Waals surface area contributed by atoms with Gasteiger partial charge in [0.2, 0.25) is 0 Å². The van der Waals surface area contributed by atoms with E-state index in [1.54, 1.807) is 25.3 Å². The molecule has 4 rings (SSSR count). The second-order valence-corrected chi connectivity index (χ2v) is 6.91. The summed E-state index contributed by atoms with van der Waals surface area (Å²) in [4.78, 5) is 4.75. The quantitative estimate of drug-likeness (QED) is 0.454. The van der Waals surface area contributed by atoms with Gasteiger partial charge in [0.25, 0.3) is 0 Å². The number of halogens is 1. The van der Waals surface area contributed by atoms with E-state index < -0.39 is 0 Å². The van der Waals surface area contributed by atoms with E-state index in [1.165, 1.54) is 0 Å². The van der Waals surface area contributed by atoms with Crippen LogP contribution in [0.1, 0.15) is 0 Å². The third kappa shape index (κ3) is 3.73. The van der Waals surface area contributed by atoms with E-state index in [0.717, 1.165) is 32.2 Å². The van der Waals surface area contributed by atoms with Crippen LogP contribution in [0.2, 0.25) is 0 Å². The average molecular weight is 422 g/mol. The Balaban J connectivity index is 1.94. The molecule has 0 unspecified atom stereocenters. The number of ether oxygens (including phenoxy) is 1. The molecular weight excluding hydrogens is 406 g/mol. The number of phenolic OH excluding ortho intramolecular Hbond substituents is 1. The Morgan fingerprint density at radius 3 is 2.37 bits per heavy atom. The first-order valence-corrected chi connectivity index (χ1v) is 9.13. The lowest BCUT2D eigenvalue weighted by Gasteiger charge is -2.07. The number of rotatable bonds is 3. The summed E-state index contributed by atoms with van der Waals surface area (Å²) in [5.74, 6) is 1.64. The minimum Gasteiger partial charge on any atom is -0.508 e. The summed E-state index contributed by atoms with van der Waals surface area (Å²) in [5, 5.41) is 11.4. The minimum absolute atomic E-state index is 0.169. The number of hydrogen-bond donors (Lipinski definition) is 1. The third-order valence-electron chi connectivity index (χ3n) is 4.18. The monoisotopic (exact) mass is 421 g/mol. The summed E-state index contributed by atoms with van der Waals surface area (Å²) in [5.41, 5.74) is 2.38. The van der Waals surface area contributed by atoms with Gasteiger partial charge in [-0.1, -0.05) is 15.9 Å². The maximum atomic E-state index is 9.90. The van der Waals surface area contributed by atoms with Gasteiger partial charge >= 0.3 is 0 Å². The first-order chi connectivity index (χ1) is 13.1. The van der Waals surface area contributed by atoms with Crippen molar-refractivity contribution >= 4 is 32.6 Å². The Hall–Kier alpha value is -3.05. The van der Waals surface area contributed by atoms with E-state index >= 15 is 0 Å². The molecule has 4 nitrogen and oxygen atoms in total. The molecule has 0 saturated carbocycles. The fraction of sp³-hybridized carbons (Fsp3) is 0.0455. The summed E-state index contributed by atoms with van der Waals surface area (Å²) in [6, 6.07) is 22.3. The highest BCUT2D eigenvalue weighted by molar-refractivity contribution is 9.10. The Morgan fingerprint density at radius 1 is 0.926 bits per heavy atom. The standard InChI is InChI=1S/C22H16BrNO3/c1-26-18-9-2-14(3-10-18)22-13-20(24-16-6-4-15(23)5-7-16)19-12-17(25)8-11-21(19)27-22/h2-13,25H,1H3. The van der Waals surface area contributed by atoms with Crippen LogP contribution in [-0.4, -0.2) is 12.2 Å². The first-order valence-electron chi connectivity index (χ1n) is 8.34. The number of benzene rings is 3. The van der Waals surface area contributed by atoms with Crippen molar-refractivity contribution in [2.24, 2.45) is 4.99 Å². The maximum absolute atomic E-state index is 9.90. The fourth-order valence-corrected chi connectivity index (χ4v) is 3.07. The topological polar surface area (TPSA) is 55.0 Å². The van der Waals surface area contributed by atoms with Crippen molar-refractivity contribution in [1.82, 2.24) is 0 Å². The molecule has 27 heavy (non-hydrogen) atoms. The molecule has 0 aliphatic rings. The van der Waals surface area contributed by atoms with Gasteiger partial charge in [-0.3, -0.25) is 0 Å². The summed E-state index contributed by atoms with van der Waals surface area (Å²) < 4.78 is 12.3. The normalized spacial score (nSPS) is 11.7. The van der Waals surface area contributed by atoms with Gasteiger partial charge in [-0.2, -0.15) is 0 Å². The zero-order valence-corrected chi connectivity index (χ0v) is 16.1. The number of aromatic hydroxyl groups is 1. The van der Waals surface area contributed by atoms with Gasteiger partial charge in [-0.15, -0.1) is 0 Å². The summed E-state index contributed by atoms with van der Waals surface area (Å²) in [6.45, 7) is 0. The summed E-state index contributed by atoms with van der Waals surface area (Å²) in [7, 11) is 1.64.